The van der Waals surface area contributed by atoms with E-state index in [2.05, 4.69) is 50.3 Å². The lowest BCUT2D eigenvalue weighted by molar-refractivity contribution is -0.305. The standard InChI is InChI=1S/C44H80O9/c1-3-5-7-9-11-13-15-17-19-20-21-23-25-27-29-31-33-40(46)52-38(37-51-44-43(49)42(48)41(47)39(35-45)53-44)36-50-34-32-30-28-26-24-22-18-16-14-12-10-8-6-4-2/h8,10,14,16,19-20,38-39,41-45,47-49H,3-7,9,11-13,15,17-18,21-37H2,1-2H3/b10-8-,16-14-,20-19-. The lowest BCUT2D eigenvalue weighted by Gasteiger charge is -2.39. The third-order valence-corrected chi connectivity index (χ3v) is 9.76. The molecule has 1 fully saturated rings. The fourth-order valence-corrected chi connectivity index (χ4v) is 6.35. The maximum Gasteiger partial charge on any atom is 0.306 e. The van der Waals surface area contributed by atoms with Gasteiger partial charge in [-0.15, -0.1) is 0 Å². The molecule has 1 heterocycles. The van der Waals surface area contributed by atoms with Crippen molar-refractivity contribution in [2.45, 2.75) is 211 Å². The Balaban J connectivity index is 2.30. The van der Waals surface area contributed by atoms with Crippen LogP contribution >= 0.6 is 0 Å². The van der Waals surface area contributed by atoms with Crippen molar-refractivity contribution in [1.82, 2.24) is 0 Å². The van der Waals surface area contributed by atoms with Gasteiger partial charge in [-0.25, -0.2) is 0 Å². The second-order valence-corrected chi connectivity index (χ2v) is 14.8. The van der Waals surface area contributed by atoms with Gasteiger partial charge in [0.1, 0.15) is 30.5 Å². The molecule has 1 rings (SSSR count). The number of unbranched alkanes of at least 4 members (excludes halogenated alkanes) is 19. The summed E-state index contributed by atoms with van der Waals surface area (Å²) in [5.41, 5.74) is 0. The molecular formula is C44H80O9. The van der Waals surface area contributed by atoms with E-state index < -0.39 is 43.4 Å². The number of hydrogen-bond donors (Lipinski definition) is 4. The topological polar surface area (TPSA) is 135 Å². The van der Waals surface area contributed by atoms with Gasteiger partial charge in [-0.1, -0.05) is 140 Å². The van der Waals surface area contributed by atoms with Crippen LogP contribution in [0.3, 0.4) is 0 Å². The molecule has 1 aliphatic rings. The molecule has 0 aromatic carbocycles. The lowest BCUT2D eigenvalue weighted by Crippen LogP contribution is -2.59. The van der Waals surface area contributed by atoms with Crippen LogP contribution in [0.25, 0.3) is 0 Å². The Morgan fingerprint density at radius 2 is 1.13 bits per heavy atom. The summed E-state index contributed by atoms with van der Waals surface area (Å²) in [7, 11) is 0. The molecule has 0 bridgehead atoms. The average Bonchev–Trinajstić information content (AvgIpc) is 3.16. The predicted octanol–water partition coefficient (Wildman–Crippen LogP) is 9.19. The first kappa shape index (κ1) is 49.4. The number of aliphatic hydroxyl groups excluding tert-OH is 4. The first-order valence-corrected chi connectivity index (χ1v) is 21.6. The molecule has 1 aliphatic heterocycles. The fourth-order valence-electron chi connectivity index (χ4n) is 6.35. The molecule has 53 heavy (non-hydrogen) atoms. The summed E-state index contributed by atoms with van der Waals surface area (Å²) < 4.78 is 22.8. The van der Waals surface area contributed by atoms with Gasteiger partial charge in [0.05, 0.1) is 19.8 Å². The van der Waals surface area contributed by atoms with Gasteiger partial charge < -0.3 is 39.4 Å². The van der Waals surface area contributed by atoms with Crippen molar-refractivity contribution in [3.63, 3.8) is 0 Å². The second-order valence-electron chi connectivity index (χ2n) is 14.8. The van der Waals surface area contributed by atoms with E-state index in [9.17, 15) is 25.2 Å². The number of allylic oxidation sites excluding steroid dienone is 6. The van der Waals surface area contributed by atoms with Gasteiger partial charge in [0, 0.05) is 13.0 Å². The SMILES string of the molecule is CCC/C=C\C/C=C\CCCCCCCCOCC(COC1OC(CO)C(O)C(O)C1O)OC(=O)CCCCCCC/C=C\CCCCCCCCC. The molecule has 6 atom stereocenters. The molecule has 6 unspecified atom stereocenters. The molecule has 1 saturated heterocycles. The zero-order valence-corrected chi connectivity index (χ0v) is 33.8. The maximum absolute atomic E-state index is 12.7. The number of rotatable bonds is 36. The van der Waals surface area contributed by atoms with Crippen molar-refractivity contribution in [3.05, 3.63) is 36.5 Å². The smallest absolute Gasteiger partial charge is 0.306 e. The molecule has 310 valence electrons. The minimum Gasteiger partial charge on any atom is -0.457 e. The monoisotopic (exact) mass is 753 g/mol. The molecule has 0 amide bonds. The number of hydrogen-bond acceptors (Lipinski definition) is 9. The van der Waals surface area contributed by atoms with Crippen LogP contribution < -0.4 is 0 Å². The highest BCUT2D eigenvalue weighted by Gasteiger charge is 2.44. The van der Waals surface area contributed by atoms with Crippen LogP contribution in [-0.4, -0.2) is 89.6 Å². The van der Waals surface area contributed by atoms with E-state index in [-0.39, 0.29) is 19.2 Å². The van der Waals surface area contributed by atoms with Crippen LogP contribution in [0.5, 0.6) is 0 Å². The van der Waals surface area contributed by atoms with Crippen LogP contribution in [0.1, 0.15) is 174 Å². The molecule has 9 heteroatoms. The minimum absolute atomic E-state index is 0.121. The van der Waals surface area contributed by atoms with Crippen LogP contribution in [0.15, 0.2) is 36.5 Å². The van der Waals surface area contributed by atoms with Crippen LogP contribution in [0.2, 0.25) is 0 Å². The van der Waals surface area contributed by atoms with Crippen molar-refractivity contribution in [3.8, 4) is 0 Å². The molecule has 0 aromatic heterocycles. The summed E-state index contributed by atoms with van der Waals surface area (Å²) in [6, 6.07) is 0. The fraction of sp³-hybridized carbons (Fsp3) is 0.841. The zero-order valence-electron chi connectivity index (χ0n) is 33.8. The normalized spacial score (nSPS) is 21.4. The number of esters is 1. The Kier molecular flexibility index (Phi) is 33.6. The van der Waals surface area contributed by atoms with E-state index in [1.807, 2.05) is 0 Å². The lowest BCUT2D eigenvalue weighted by atomic mass is 9.99. The maximum atomic E-state index is 12.7. The summed E-state index contributed by atoms with van der Waals surface area (Å²) in [5, 5.41) is 40.0. The van der Waals surface area contributed by atoms with E-state index in [0.717, 1.165) is 70.6 Å². The van der Waals surface area contributed by atoms with E-state index in [1.54, 1.807) is 0 Å². The first-order valence-electron chi connectivity index (χ1n) is 21.6. The summed E-state index contributed by atoms with van der Waals surface area (Å²) in [5.74, 6) is -0.327. The van der Waals surface area contributed by atoms with Crippen LogP contribution in [-0.2, 0) is 23.7 Å². The van der Waals surface area contributed by atoms with Gasteiger partial charge in [-0.3, -0.25) is 4.79 Å². The number of ether oxygens (including phenoxy) is 4. The van der Waals surface area contributed by atoms with Crippen molar-refractivity contribution in [2.75, 3.05) is 26.4 Å². The Bertz CT molecular complexity index is 905. The van der Waals surface area contributed by atoms with Gasteiger partial charge >= 0.3 is 5.97 Å². The summed E-state index contributed by atoms with van der Waals surface area (Å²) in [6.07, 6.45) is 34.5. The van der Waals surface area contributed by atoms with Gasteiger partial charge in [-0.2, -0.15) is 0 Å². The molecule has 0 aliphatic carbocycles. The van der Waals surface area contributed by atoms with Crippen LogP contribution in [0.4, 0.5) is 0 Å². The van der Waals surface area contributed by atoms with Gasteiger partial charge in [0.2, 0.25) is 0 Å². The Labute approximate surface area is 323 Å². The highest BCUT2D eigenvalue weighted by molar-refractivity contribution is 5.69. The molecule has 4 N–H and O–H groups in total. The summed E-state index contributed by atoms with van der Waals surface area (Å²) >= 11 is 0. The van der Waals surface area contributed by atoms with Crippen molar-refractivity contribution in [1.29, 1.82) is 0 Å². The summed E-state index contributed by atoms with van der Waals surface area (Å²) in [4.78, 5) is 12.7. The highest BCUT2D eigenvalue weighted by Crippen LogP contribution is 2.22. The third kappa shape index (κ3) is 27.6. The predicted molar refractivity (Wildman–Crippen MR) is 215 cm³/mol. The van der Waals surface area contributed by atoms with Crippen molar-refractivity contribution < 1.29 is 44.2 Å². The highest BCUT2D eigenvalue weighted by atomic mass is 16.7. The number of carbonyl (C=O) groups is 1. The largest absolute Gasteiger partial charge is 0.457 e. The van der Waals surface area contributed by atoms with E-state index in [1.165, 1.54) is 83.5 Å². The van der Waals surface area contributed by atoms with Gasteiger partial charge in [0.25, 0.3) is 0 Å². The van der Waals surface area contributed by atoms with E-state index >= 15 is 0 Å². The summed E-state index contributed by atoms with van der Waals surface area (Å²) in [6.45, 7) is 4.46. The molecule has 9 nitrogen and oxygen atoms in total. The number of carbonyl (C=O) groups excluding carboxylic acids is 1. The second kappa shape index (κ2) is 36.1. The Hall–Kier alpha value is -1.59. The first-order chi connectivity index (χ1) is 25.9. The quantitative estimate of drug-likeness (QED) is 0.0281. The zero-order chi connectivity index (χ0) is 38.6. The van der Waals surface area contributed by atoms with Crippen molar-refractivity contribution >= 4 is 5.97 Å². The minimum atomic E-state index is -1.54. The molecule has 0 aromatic rings. The average molecular weight is 753 g/mol. The third-order valence-electron chi connectivity index (χ3n) is 9.76. The molecular weight excluding hydrogens is 672 g/mol. The van der Waals surface area contributed by atoms with E-state index in [4.69, 9.17) is 18.9 Å². The van der Waals surface area contributed by atoms with Crippen LogP contribution in [0, 0.1) is 0 Å². The number of aliphatic hydroxyl groups is 4. The molecule has 0 radical (unpaired) electrons. The van der Waals surface area contributed by atoms with Gasteiger partial charge in [0.15, 0.2) is 6.29 Å². The molecule has 0 saturated carbocycles. The van der Waals surface area contributed by atoms with Crippen molar-refractivity contribution in [2.24, 2.45) is 0 Å². The Morgan fingerprint density at radius 3 is 1.72 bits per heavy atom. The Morgan fingerprint density at radius 1 is 0.604 bits per heavy atom. The van der Waals surface area contributed by atoms with E-state index in [0.29, 0.717) is 13.0 Å². The molecule has 0 spiro atoms. The van der Waals surface area contributed by atoms with Gasteiger partial charge in [-0.05, 0) is 64.2 Å².